The summed E-state index contributed by atoms with van der Waals surface area (Å²) in [4.78, 5) is 22.9. The van der Waals surface area contributed by atoms with Gasteiger partial charge in [0.2, 0.25) is 5.78 Å². The molecule has 1 aromatic carbocycles. The van der Waals surface area contributed by atoms with E-state index < -0.39 is 34.8 Å². The number of aromatic hydroxyl groups is 2. The van der Waals surface area contributed by atoms with Crippen molar-refractivity contribution in [2.75, 3.05) is 0 Å². The summed E-state index contributed by atoms with van der Waals surface area (Å²) in [6, 6.07) is 3.87. The van der Waals surface area contributed by atoms with Crippen molar-refractivity contribution in [3.63, 3.8) is 0 Å². The zero-order chi connectivity index (χ0) is 16.4. The van der Waals surface area contributed by atoms with Crippen LogP contribution in [0.5, 0.6) is 11.5 Å². The van der Waals surface area contributed by atoms with Crippen molar-refractivity contribution in [1.29, 1.82) is 0 Å². The number of aliphatic hydroxyl groups is 3. The Kier molecular flexibility index (Phi) is 4.00. The van der Waals surface area contributed by atoms with E-state index in [4.69, 9.17) is 0 Å². The maximum Gasteiger partial charge on any atom is 0.206 e. The molecule has 0 saturated carbocycles. The molecule has 114 valence electrons. The molecular weight excluding hydrogens is 292 g/mol. The summed E-state index contributed by atoms with van der Waals surface area (Å²) in [5.74, 6) is -4.16. The Labute approximate surface area is 124 Å². The summed E-state index contributed by atoms with van der Waals surface area (Å²) in [7, 11) is 0. The number of phenols is 2. The van der Waals surface area contributed by atoms with E-state index in [1.807, 2.05) is 0 Å². The molecule has 0 amide bonds. The maximum absolute atomic E-state index is 11.7. The van der Waals surface area contributed by atoms with Gasteiger partial charge in [0.25, 0.3) is 0 Å². The van der Waals surface area contributed by atoms with Crippen LogP contribution in [0.1, 0.15) is 5.56 Å². The lowest BCUT2D eigenvalue weighted by atomic mass is 9.93. The predicted octanol–water partition coefficient (Wildman–Crippen LogP) is 0.878. The van der Waals surface area contributed by atoms with Crippen LogP contribution in [0.15, 0.2) is 47.4 Å². The molecule has 2 rings (SSSR count). The molecule has 1 unspecified atom stereocenters. The summed E-state index contributed by atoms with van der Waals surface area (Å²) in [5.41, 5.74) is -0.183. The normalized spacial score (nSPS) is 21.1. The monoisotopic (exact) mass is 304 g/mol. The van der Waals surface area contributed by atoms with Gasteiger partial charge in [0.15, 0.2) is 23.4 Å². The Morgan fingerprint density at radius 2 is 1.77 bits per heavy atom. The zero-order valence-corrected chi connectivity index (χ0v) is 11.1. The Balaban J connectivity index is 2.37. The summed E-state index contributed by atoms with van der Waals surface area (Å²) in [6.07, 6.45) is 1.04. The predicted molar refractivity (Wildman–Crippen MR) is 75.2 cm³/mol. The summed E-state index contributed by atoms with van der Waals surface area (Å²) < 4.78 is 0. The van der Waals surface area contributed by atoms with E-state index >= 15 is 0 Å². The van der Waals surface area contributed by atoms with Crippen molar-refractivity contribution in [2.24, 2.45) is 0 Å². The molecule has 0 spiro atoms. The van der Waals surface area contributed by atoms with Crippen LogP contribution in [0.2, 0.25) is 0 Å². The minimum Gasteiger partial charge on any atom is -0.507 e. The van der Waals surface area contributed by atoms with Crippen LogP contribution in [0.25, 0.3) is 6.08 Å². The number of phenolic OH excluding ortho intramolecular Hbond substituents is 2. The summed E-state index contributed by atoms with van der Waals surface area (Å²) in [5, 5.41) is 47.3. The van der Waals surface area contributed by atoms with Crippen molar-refractivity contribution >= 4 is 17.6 Å². The van der Waals surface area contributed by atoms with Gasteiger partial charge < -0.3 is 25.5 Å². The van der Waals surface area contributed by atoms with Crippen LogP contribution in [-0.4, -0.2) is 43.2 Å². The molecule has 5 N–H and O–H groups in total. The maximum atomic E-state index is 11.7. The first-order valence-electron chi connectivity index (χ1n) is 6.11. The smallest absolute Gasteiger partial charge is 0.206 e. The highest BCUT2D eigenvalue weighted by molar-refractivity contribution is 6.21. The number of rotatable bonds is 2. The SMILES string of the molecule is O=C1C=C(O)C(=C(O)/C=C/c2ccc(O)c(O)c2)C(=O)C1O. The van der Waals surface area contributed by atoms with E-state index in [1.54, 1.807) is 0 Å². The zero-order valence-electron chi connectivity index (χ0n) is 11.1. The van der Waals surface area contributed by atoms with Crippen LogP contribution in [0.4, 0.5) is 0 Å². The molecule has 1 aromatic rings. The van der Waals surface area contributed by atoms with Gasteiger partial charge in [-0.1, -0.05) is 12.1 Å². The van der Waals surface area contributed by atoms with E-state index in [1.165, 1.54) is 24.3 Å². The first-order chi connectivity index (χ1) is 10.3. The second-order valence-corrected chi connectivity index (χ2v) is 4.54. The van der Waals surface area contributed by atoms with Crippen LogP contribution in [0, 0.1) is 0 Å². The van der Waals surface area contributed by atoms with E-state index in [-0.39, 0.29) is 11.5 Å². The average Bonchev–Trinajstić information content (AvgIpc) is 2.46. The van der Waals surface area contributed by atoms with Gasteiger partial charge in [-0.2, -0.15) is 0 Å². The highest BCUT2D eigenvalue weighted by Crippen LogP contribution is 2.26. The van der Waals surface area contributed by atoms with E-state index in [0.717, 1.165) is 6.08 Å². The van der Waals surface area contributed by atoms with Gasteiger partial charge in [-0.05, 0) is 23.8 Å². The molecule has 22 heavy (non-hydrogen) atoms. The second-order valence-electron chi connectivity index (χ2n) is 4.54. The number of allylic oxidation sites excluding steroid dienone is 2. The lowest BCUT2D eigenvalue weighted by Crippen LogP contribution is -2.35. The van der Waals surface area contributed by atoms with Crippen LogP contribution in [0.3, 0.4) is 0 Å². The number of hydrogen-bond donors (Lipinski definition) is 5. The summed E-state index contributed by atoms with van der Waals surface area (Å²) in [6.45, 7) is 0. The van der Waals surface area contributed by atoms with Gasteiger partial charge >= 0.3 is 0 Å². The minimum atomic E-state index is -1.96. The lowest BCUT2D eigenvalue weighted by Gasteiger charge is -2.15. The Morgan fingerprint density at radius 1 is 1.09 bits per heavy atom. The van der Waals surface area contributed by atoms with Crippen molar-refractivity contribution in [2.45, 2.75) is 6.10 Å². The molecule has 0 saturated heterocycles. The van der Waals surface area contributed by atoms with E-state index in [9.17, 15) is 35.1 Å². The number of benzene rings is 1. The van der Waals surface area contributed by atoms with Crippen molar-refractivity contribution in [3.8, 4) is 11.5 Å². The number of aliphatic hydroxyl groups excluding tert-OH is 3. The van der Waals surface area contributed by atoms with E-state index in [0.29, 0.717) is 11.6 Å². The molecule has 0 radical (unpaired) electrons. The topological polar surface area (TPSA) is 135 Å². The summed E-state index contributed by atoms with van der Waals surface area (Å²) >= 11 is 0. The molecule has 7 nitrogen and oxygen atoms in total. The van der Waals surface area contributed by atoms with Gasteiger partial charge in [0.05, 0.1) is 0 Å². The molecule has 7 heteroatoms. The van der Waals surface area contributed by atoms with E-state index in [2.05, 4.69) is 0 Å². The number of carbonyl (C=O) groups excluding carboxylic acids is 2. The van der Waals surface area contributed by atoms with Crippen molar-refractivity contribution < 1.29 is 35.1 Å². The first-order valence-corrected chi connectivity index (χ1v) is 6.11. The Morgan fingerprint density at radius 3 is 2.41 bits per heavy atom. The van der Waals surface area contributed by atoms with Crippen LogP contribution < -0.4 is 0 Å². The highest BCUT2D eigenvalue weighted by atomic mass is 16.3. The molecule has 1 aliphatic rings. The van der Waals surface area contributed by atoms with Crippen molar-refractivity contribution in [1.82, 2.24) is 0 Å². The fourth-order valence-electron chi connectivity index (χ4n) is 1.84. The Bertz CT molecular complexity index is 740. The number of carbonyl (C=O) groups is 2. The van der Waals surface area contributed by atoms with Gasteiger partial charge in [-0.3, -0.25) is 9.59 Å². The molecule has 1 aliphatic carbocycles. The van der Waals surface area contributed by atoms with Gasteiger partial charge in [-0.25, -0.2) is 0 Å². The van der Waals surface area contributed by atoms with Gasteiger partial charge in [-0.15, -0.1) is 0 Å². The number of Topliss-reactive ketones (excluding diaryl/α,β-unsaturated/α-hetero) is 1. The number of hydrogen-bond acceptors (Lipinski definition) is 7. The molecule has 0 bridgehead atoms. The average molecular weight is 304 g/mol. The molecular formula is C15H12O7. The van der Waals surface area contributed by atoms with Crippen LogP contribution in [-0.2, 0) is 9.59 Å². The lowest BCUT2D eigenvalue weighted by molar-refractivity contribution is -0.134. The van der Waals surface area contributed by atoms with Crippen LogP contribution >= 0.6 is 0 Å². The quantitative estimate of drug-likeness (QED) is 0.237. The Hall–Kier alpha value is -3.06. The third kappa shape index (κ3) is 2.84. The standard InChI is InChI=1S/C15H12O7/c16-8-3-1-7(5-10(8)18)2-4-9(17)13-11(19)6-12(20)14(21)15(13)22/h1-6,14,16-19,21H/b4-2+,13-9?. The molecule has 1 atom stereocenters. The van der Waals surface area contributed by atoms with Gasteiger partial charge in [0, 0.05) is 6.08 Å². The number of ketones is 2. The fraction of sp³-hybridized carbons (Fsp3) is 0.0667. The van der Waals surface area contributed by atoms with Gasteiger partial charge in [0.1, 0.15) is 17.1 Å². The highest BCUT2D eigenvalue weighted by Gasteiger charge is 2.34. The molecule has 0 aromatic heterocycles. The third-order valence-corrected chi connectivity index (χ3v) is 2.99. The fourth-order valence-corrected chi connectivity index (χ4v) is 1.84. The second kappa shape index (κ2) is 5.74. The molecule has 0 aliphatic heterocycles. The van der Waals surface area contributed by atoms with Crippen molar-refractivity contribution in [3.05, 3.63) is 53.0 Å². The first kappa shape index (κ1) is 15.3. The minimum absolute atomic E-state index is 0.315. The third-order valence-electron chi connectivity index (χ3n) is 2.99. The largest absolute Gasteiger partial charge is 0.507 e. The molecule has 0 heterocycles. The molecule has 0 fully saturated rings.